The van der Waals surface area contributed by atoms with Crippen LogP contribution in [0.5, 0.6) is 0 Å². The van der Waals surface area contributed by atoms with Crippen LogP contribution in [0.3, 0.4) is 0 Å². The van der Waals surface area contributed by atoms with Gasteiger partial charge in [0.05, 0.1) is 0 Å². The molecule has 0 saturated carbocycles. The van der Waals surface area contributed by atoms with Crippen molar-refractivity contribution in [3.05, 3.63) is 69.7 Å². The molecule has 0 aromatic heterocycles. The van der Waals surface area contributed by atoms with E-state index < -0.39 is 12.2 Å². The third kappa shape index (κ3) is 5.81. The lowest BCUT2D eigenvalue weighted by molar-refractivity contribution is 0.149. The van der Waals surface area contributed by atoms with Gasteiger partial charge >= 0.3 is 12.2 Å². The molecule has 0 bridgehead atoms. The molecule has 2 aromatic carbocycles. The van der Waals surface area contributed by atoms with Gasteiger partial charge in [0.1, 0.15) is 0 Å². The van der Waals surface area contributed by atoms with E-state index in [9.17, 15) is 9.59 Å². The predicted molar refractivity (Wildman–Crippen MR) is 88.5 cm³/mol. The maximum atomic E-state index is 11.6. The number of alkyl carbamates (subject to hydrolysis) is 2. The van der Waals surface area contributed by atoms with Gasteiger partial charge in [-0.15, -0.1) is 0 Å². The number of benzene rings is 2. The van der Waals surface area contributed by atoms with Gasteiger partial charge in [-0.2, -0.15) is 0 Å². The molecule has 2 rings (SSSR count). The largest absolute Gasteiger partial charge is 0.416 e. The van der Waals surface area contributed by atoms with Crippen molar-refractivity contribution in [2.24, 2.45) is 0 Å². The average Bonchev–Trinajstić information content (AvgIpc) is 2.53. The normalized spacial score (nSPS) is 10.0. The van der Waals surface area contributed by atoms with Crippen LogP contribution in [-0.4, -0.2) is 12.2 Å². The van der Waals surface area contributed by atoms with E-state index in [1.54, 1.807) is 18.2 Å². The van der Waals surface area contributed by atoms with Crippen LogP contribution >= 0.6 is 23.2 Å². The minimum absolute atomic E-state index is 0.126. The summed E-state index contributed by atoms with van der Waals surface area (Å²) in [6.45, 7) is 0.400. The summed E-state index contributed by atoms with van der Waals surface area (Å²) < 4.78 is 4.59. The maximum absolute atomic E-state index is 11.6. The van der Waals surface area contributed by atoms with E-state index in [4.69, 9.17) is 23.2 Å². The van der Waals surface area contributed by atoms with Crippen LogP contribution in [0.4, 0.5) is 9.59 Å². The molecule has 0 atom stereocenters. The number of carbonyl (C=O) groups excluding carboxylic acids is 2. The van der Waals surface area contributed by atoms with Gasteiger partial charge < -0.3 is 15.4 Å². The lowest BCUT2D eigenvalue weighted by Gasteiger charge is -2.08. The van der Waals surface area contributed by atoms with E-state index >= 15 is 0 Å². The molecule has 5 nitrogen and oxygen atoms in total. The summed E-state index contributed by atoms with van der Waals surface area (Å²) in [5.74, 6) is 0. The van der Waals surface area contributed by atoms with Crippen molar-refractivity contribution < 1.29 is 14.3 Å². The fraction of sp³-hybridized carbons (Fsp3) is 0.125. The Balaban J connectivity index is 1.74. The number of hydrogen-bond acceptors (Lipinski definition) is 3. The number of halogens is 2. The molecular formula is C16H14Cl2N2O3. The van der Waals surface area contributed by atoms with Gasteiger partial charge in [0.25, 0.3) is 0 Å². The summed E-state index contributed by atoms with van der Waals surface area (Å²) in [4.78, 5) is 23.1. The Morgan fingerprint density at radius 1 is 0.913 bits per heavy atom. The molecule has 0 aliphatic rings. The van der Waals surface area contributed by atoms with Gasteiger partial charge in [0.15, 0.2) is 0 Å². The Morgan fingerprint density at radius 3 is 2.22 bits per heavy atom. The zero-order chi connectivity index (χ0) is 16.7. The number of amides is 2. The van der Waals surface area contributed by atoms with Crippen molar-refractivity contribution >= 4 is 35.4 Å². The Kier molecular flexibility index (Phi) is 6.26. The van der Waals surface area contributed by atoms with Crippen molar-refractivity contribution in [3.8, 4) is 0 Å². The van der Waals surface area contributed by atoms with E-state index in [1.807, 2.05) is 30.3 Å². The van der Waals surface area contributed by atoms with E-state index in [0.717, 1.165) is 5.56 Å². The zero-order valence-electron chi connectivity index (χ0n) is 12.0. The van der Waals surface area contributed by atoms with Gasteiger partial charge in [-0.1, -0.05) is 59.6 Å². The van der Waals surface area contributed by atoms with E-state index in [0.29, 0.717) is 15.6 Å². The first-order valence-corrected chi connectivity index (χ1v) is 7.51. The molecule has 120 valence electrons. The SMILES string of the molecule is O=C(NCc1ccccc1)OC(=O)NCc1ccc(Cl)cc1Cl. The number of nitrogens with one attached hydrogen (secondary N) is 2. The minimum atomic E-state index is -0.860. The van der Waals surface area contributed by atoms with Crippen LogP contribution in [0.15, 0.2) is 48.5 Å². The van der Waals surface area contributed by atoms with E-state index in [2.05, 4.69) is 15.4 Å². The average molecular weight is 353 g/mol. The van der Waals surface area contributed by atoms with E-state index in [-0.39, 0.29) is 13.1 Å². The Bertz CT molecular complexity index is 693. The molecule has 0 saturated heterocycles. The van der Waals surface area contributed by atoms with Crippen LogP contribution < -0.4 is 10.6 Å². The molecule has 0 radical (unpaired) electrons. The predicted octanol–water partition coefficient (Wildman–Crippen LogP) is 4.13. The number of hydrogen-bond donors (Lipinski definition) is 2. The second-order valence-electron chi connectivity index (χ2n) is 4.61. The molecule has 0 unspecified atom stereocenters. The highest BCUT2D eigenvalue weighted by Crippen LogP contribution is 2.20. The summed E-state index contributed by atoms with van der Waals surface area (Å²) in [5.41, 5.74) is 1.57. The van der Waals surface area contributed by atoms with Crippen LogP contribution in [0.2, 0.25) is 10.0 Å². The topological polar surface area (TPSA) is 67.4 Å². The summed E-state index contributed by atoms with van der Waals surface area (Å²) >= 11 is 11.8. The minimum Gasteiger partial charge on any atom is -0.359 e. The lowest BCUT2D eigenvalue weighted by Crippen LogP contribution is -2.32. The molecule has 0 aliphatic carbocycles. The summed E-state index contributed by atoms with van der Waals surface area (Å²) in [5, 5.41) is 5.84. The quantitative estimate of drug-likeness (QED) is 0.813. The fourth-order valence-electron chi connectivity index (χ4n) is 1.76. The van der Waals surface area contributed by atoms with Crippen LogP contribution in [0.25, 0.3) is 0 Å². The van der Waals surface area contributed by atoms with Gasteiger partial charge in [-0.05, 0) is 23.3 Å². The molecule has 0 fully saturated rings. The first kappa shape index (κ1) is 17.1. The van der Waals surface area contributed by atoms with Crippen molar-refractivity contribution in [3.63, 3.8) is 0 Å². The summed E-state index contributed by atoms with van der Waals surface area (Å²) in [7, 11) is 0. The first-order chi connectivity index (χ1) is 11.0. The second kappa shape index (κ2) is 8.41. The van der Waals surface area contributed by atoms with Crippen LogP contribution in [0.1, 0.15) is 11.1 Å². The van der Waals surface area contributed by atoms with Crippen molar-refractivity contribution in [2.45, 2.75) is 13.1 Å². The van der Waals surface area contributed by atoms with Crippen molar-refractivity contribution in [2.75, 3.05) is 0 Å². The molecule has 0 heterocycles. The highest BCUT2D eigenvalue weighted by molar-refractivity contribution is 6.35. The maximum Gasteiger partial charge on any atom is 0.416 e. The van der Waals surface area contributed by atoms with Gasteiger partial charge in [-0.25, -0.2) is 9.59 Å². The highest BCUT2D eigenvalue weighted by Gasteiger charge is 2.10. The Hall–Kier alpha value is -2.24. The number of ether oxygens (including phenoxy) is 1. The number of rotatable bonds is 4. The highest BCUT2D eigenvalue weighted by atomic mass is 35.5. The number of carbonyl (C=O) groups is 2. The molecule has 0 aliphatic heterocycles. The van der Waals surface area contributed by atoms with E-state index in [1.165, 1.54) is 0 Å². The van der Waals surface area contributed by atoms with Crippen molar-refractivity contribution in [1.82, 2.24) is 10.6 Å². The molecule has 7 heteroatoms. The van der Waals surface area contributed by atoms with Gasteiger partial charge in [0, 0.05) is 23.1 Å². The zero-order valence-corrected chi connectivity index (χ0v) is 13.5. The Morgan fingerprint density at radius 2 is 1.57 bits per heavy atom. The molecule has 23 heavy (non-hydrogen) atoms. The van der Waals surface area contributed by atoms with Gasteiger partial charge in [-0.3, -0.25) is 0 Å². The second-order valence-corrected chi connectivity index (χ2v) is 5.45. The van der Waals surface area contributed by atoms with Crippen LogP contribution in [0, 0.1) is 0 Å². The molecule has 2 amide bonds. The first-order valence-electron chi connectivity index (χ1n) is 6.76. The molecular weight excluding hydrogens is 339 g/mol. The standard InChI is InChI=1S/C16H14Cl2N2O3/c17-13-7-6-12(14(18)8-13)10-20-16(22)23-15(21)19-9-11-4-2-1-3-5-11/h1-8H,9-10H2,(H,19,21)(H,20,22). The fourth-order valence-corrected chi connectivity index (χ4v) is 2.23. The van der Waals surface area contributed by atoms with Gasteiger partial charge in [0.2, 0.25) is 0 Å². The van der Waals surface area contributed by atoms with Crippen molar-refractivity contribution in [1.29, 1.82) is 0 Å². The third-order valence-corrected chi connectivity index (χ3v) is 3.49. The molecule has 0 spiro atoms. The summed E-state index contributed by atoms with van der Waals surface area (Å²) in [6.07, 6.45) is -1.69. The molecule has 2 N–H and O–H groups in total. The monoisotopic (exact) mass is 352 g/mol. The lowest BCUT2D eigenvalue weighted by atomic mass is 10.2. The third-order valence-electron chi connectivity index (χ3n) is 2.90. The molecule has 2 aromatic rings. The summed E-state index contributed by atoms with van der Waals surface area (Å²) in [6, 6.07) is 14.2. The van der Waals surface area contributed by atoms with Crippen LogP contribution in [-0.2, 0) is 17.8 Å². The Labute approximate surface area is 143 Å². The smallest absolute Gasteiger partial charge is 0.359 e.